The first-order valence-corrected chi connectivity index (χ1v) is 5.64. The number of amides is 1. The number of halogens is 1. The van der Waals surface area contributed by atoms with Gasteiger partial charge in [-0.15, -0.1) is 10.2 Å². The van der Waals surface area contributed by atoms with Crippen LogP contribution in [0.2, 0.25) is 5.15 Å². The van der Waals surface area contributed by atoms with Gasteiger partial charge in [-0.2, -0.15) is 0 Å². The second-order valence-electron chi connectivity index (χ2n) is 3.82. The van der Waals surface area contributed by atoms with E-state index in [0.717, 1.165) is 25.9 Å². The Hall–Kier alpha value is -1.36. The predicted molar refractivity (Wildman–Crippen MR) is 61.6 cm³/mol. The minimum Gasteiger partial charge on any atom is -0.365 e. The molecule has 5 nitrogen and oxygen atoms in total. The number of aromatic nitrogens is 2. The number of carbonyl (C=O) groups is 1. The number of anilines is 1. The molecule has 2 heterocycles. The molecule has 16 heavy (non-hydrogen) atoms. The highest BCUT2D eigenvalue weighted by molar-refractivity contribution is 6.29. The number of rotatable bonds is 2. The SMILES string of the molecule is NC(=O)c1cc(Cl)nnc1N1CCCCC1. The molecule has 0 radical (unpaired) electrons. The zero-order chi connectivity index (χ0) is 11.5. The summed E-state index contributed by atoms with van der Waals surface area (Å²) in [4.78, 5) is 13.3. The van der Waals surface area contributed by atoms with Crippen LogP contribution in [0.1, 0.15) is 29.6 Å². The number of nitrogens with two attached hydrogens (primary N) is 1. The first kappa shape index (κ1) is 11.1. The van der Waals surface area contributed by atoms with Gasteiger partial charge < -0.3 is 10.6 Å². The van der Waals surface area contributed by atoms with E-state index in [0.29, 0.717) is 11.4 Å². The van der Waals surface area contributed by atoms with Crippen molar-refractivity contribution in [2.24, 2.45) is 5.73 Å². The molecule has 6 heteroatoms. The fraction of sp³-hybridized carbons (Fsp3) is 0.500. The van der Waals surface area contributed by atoms with Crippen LogP contribution in [0.4, 0.5) is 5.82 Å². The van der Waals surface area contributed by atoms with Crippen molar-refractivity contribution < 1.29 is 4.79 Å². The highest BCUT2D eigenvalue weighted by Crippen LogP contribution is 2.22. The van der Waals surface area contributed by atoms with Crippen molar-refractivity contribution in [1.82, 2.24) is 10.2 Å². The van der Waals surface area contributed by atoms with Crippen LogP contribution in [0.15, 0.2) is 6.07 Å². The summed E-state index contributed by atoms with van der Waals surface area (Å²) in [5.41, 5.74) is 5.65. The van der Waals surface area contributed by atoms with Gasteiger partial charge in [-0.05, 0) is 25.3 Å². The van der Waals surface area contributed by atoms with Crippen molar-refractivity contribution in [2.75, 3.05) is 18.0 Å². The molecule has 1 amide bonds. The molecule has 0 saturated carbocycles. The minimum atomic E-state index is -0.516. The molecule has 0 aliphatic carbocycles. The summed E-state index contributed by atoms with van der Waals surface area (Å²) in [5.74, 6) is 0.0361. The van der Waals surface area contributed by atoms with Crippen LogP contribution in [-0.2, 0) is 0 Å². The minimum absolute atomic E-state index is 0.189. The Labute approximate surface area is 98.6 Å². The van der Waals surface area contributed by atoms with E-state index in [-0.39, 0.29) is 5.15 Å². The quantitative estimate of drug-likeness (QED) is 0.844. The Kier molecular flexibility index (Phi) is 3.24. The maximum atomic E-state index is 11.3. The molecule has 0 bridgehead atoms. The summed E-state index contributed by atoms with van der Waals surface area (Å²) in [6.07, 6.45) is 3.41. The fourth-order valence-electron chi connectivity index (χ4n) is 1.88. The van der Waals surface area contributed by atoms with E-state index in [4.69, 9.17) is 17.3 Å². The van der Waals surface area contributed by atoms with E-state index >= 15 is 0 Å². The van der Waals surface area contributed by atoms with Gasteiger partial charge in [-0.25, -0.2) is 0 Å². The maximum absolute atomic E-state index is 11.3. The average molecular weight is 241 g/mol. The topological polar surface area (TPSA) is 72.1 Å². The number of piperidine rings is 1. The highest BCUT2D eigenvalue weighted by Gasteiger charge is 2.19. The van der Waals surface area contributed by atoms with Gasteiger partial charge >= 0.3 is 0 Å². The summed E-state index contributed by atoms with van der Waals surface area (Å²) in [5, 5.41) is 7.92. The average Bonchev–Trinajstić information content (AvgIpc) is 2.30. The number of carbonyl (C=O) groups excluding carboxylic acids is 1. The predicted octanol–water partition coefficient (Wildman–Crippen LogP) is 1.22. The smallest absolute Gasteiger partial charge is 0.252 e. The number of primary amides is 1. The van der Waals surface area contributed by atoms with Crippen LogP contribution < -0.4 is 10.6 Å². The Balaban J connectivity index is 2.34. The first-order chi connectivity index (χ1) is 7.68. The molecule has 2 rings (SSSR count). The number of nitrogens with zero attached hydrogens (tertiary/aromatic N) is 3. The Morgan fingerprint density at radius 1 is 1.31 bits per heavy atom. The van der Waals surface area contributed by atoms with Gasteiger partial charge in [-0.3, -0.25) is 4.79 Å². The van der Waals surface area contributed by atoms with Crippen molar-refractivity contribution in [3.05, 3.63) is 16.8 Å². The summed E-state index contributed by atoms with van der Waals surface area (Å²) < 4.78 is 0. The molecule has 0 spiro atoms. The lowest BCUT2D eigenvalue weighted by atomic mass is 10.1. The molecule has 2 N–H and O–H groups in total. The summed E-state index contributed by atoms with van der Waals surface area (Å²) in [6, 6.07) is 1.47. The maximum Gasteiger partial charge on any atom is 0.252 e. The van der Waals surface area contributed by atoms with Crippen LogP contribution in [0.25, 0.3) is 0 Å². The molecule has 1 aliphatic rings. The largest absolute Gasteiger partial charge is 0.365 e. The van der Waals surface area contributed by atoms with E-state index in [9.17, 15) is 4.79 Å². The number of hydrogen-bond donors (Lipinski definition) is 1. The highest BCUT2D eigenvalue weighted by atomic mass is 35.5. The third-order valence-electron chi connectivity index (χ3n) is 2.67. The van der Waals surface area contributed by atoms with Crippen LogP contribution >= 0.6 is 11.6 Å². The van der Waals surface area contributed by atoms with Crippen LogP contribution in [0.5, 0.6) is 0 Å². The molecule has 0 atom stereocenters. The molecule has 1 saturated heterocycles. The Morgan fingerprint density at radius 2 is 2.00 bits per heavy atom. The molecule has 0 aromatic carbocycles. The summed E-state index contributed by atoms with van der Waals surface area (Å²) in [7, 11) is 0. The van der Waals surface area contributed by atoms with Crippen LogP contribution in [0.3, 0.4) is 0 Å². The normalized spacial score (nSPS) is 16.2. The lowest BCUT2D eigenvalue weighted by Crippen LogP contribution is -2.32. The fourth-order valence-corrected chi connectivity index (χ4v) is 2.03. The molecule has 0 unspecified atom stereocenters. The zero-order valence-corrected chi connectivity index (χ0v) is 9.57. The van der Waals surface area contributed by atoms with Gasteiger partial charge in [0.2, 0.25) is 0 Å². The molecule has 1 aromatic rings. The van der Waals surface area contributed by atoms with Crippen molar-refractivity contribution in [1.29, 1.82) is 0 Å². The number of hydrogen-bond acceptors (Lipinski definition) is 4. The lowest BCUT2D eigenvalue weighted by molar-refractivity contribution is 0.1000. The van der Waals surface area contributed by atoms with E-state index in [1.165, 1.54) is 12.5 Å². The second kappa shape index (κ2) is 4.65. The van der Waals surface area contributed by atoms with Crippen LogP contribution in [-0.4, -0.2) is 29.2 Å². The van der Waals surface area contributed by atoms with Gasteiger partial charge in [0.05, 0.1) is 5.56 Å². The van der Waals surface area contributed by atoms with Gasteiger partial charge in [-0.1, -0.05) is 11.6 Å². The standard InChI is InChI=1S/C10H13ClN4O/c11-8-6-7(9(12)16)10(14-13-8)15-4-2-1-3-5-15/h6H,1-5H2,(H2,12,16). The molecule has 86 valence electrons. The van der Waals surface area contributed by atoms with Crippen molar-refractivity contribution in [3.63, 3.8) is 0 Å². The first-order valence-electron chi connectivity index (χ1n) is 5.26. The third kappa shape index (κ3) is 2.24. The Morgan fingerprint density at radius 3 is 2.62 bits per heavy atom. The van der Waals surface area contributed by atoms with Crippen LogP contribution in [0, 0.1) is 0 Å². The summed E-state index contributed by atoms with van der Waals surface area (Å²) >= 11 is 5.70. The van der Waals surface area contributed by atoms with E-state index in [1.54, 1.807) is 0 Å². The Bertz CT molecular complexity index is 404. The third-order valence-corrected chi connectivity index (χ3v) is 2.85. The molecule has 1 fully saturated rings. The summed E-state index contributed by atoms with van der Waals surface area (Å²) in [6.45, 7) is 1.77. The monoisotopic (exact) mass is 240 g/mol. The van der Waals surface area contributed by atoms with Gasteiger partial charge in [0.1, 0.15) is 0 Å². The van der Waals surface area contributed by atoms with E-state index < -0.39 is 5.91 Å². The van der Waals surface area contributed by atoms with Gasteiger partial charge in [0.25, 0.3) is 5.91 Å². The molecule has 1 aliphatic heterocycles. The lowest BCUT2D eigenvalue weighted by Gasteiger charge is -2.28. The zero-order valence-electron chi connectivity index (χ0n) is 8.82. The van der Waals surface area contributed by atoms with E-state index in [2.05, 4.69) is 10.2 Å². The van der Waals surface area contributed by atoms with Crippen molar-refractivity contribution in [2.45, 2.75) is 19.3 Å². The van der Waals surface area contributed by atoms with Crippen molar-refractivity contribution >= 4 is 23.3 Å². The molecular weight excluding hydrogens is 228 g/mol. The van der Waals surface area contributed by atoms with Gasteiger partial charge in [0.15, 0.2) is 11.0 Å². The molecular formula is C10H13ClN4O. The van der Waals surface area contributed by atoms with Crippen molar-refractivity contribution in [3.8, 4) is 0 Å². The van der Waals surface area contributed by atoms with Gasteiger partial charge in [0, 0.05) is 13.1 Å². The second-order valence-corrected chi connectivity index (χ2v) is 4.20. The van der Waals surface area contributed by atoms with E-state index in [1.807, 2.05) is 4.90 Å². The molecule has 1 aromatic heterocycles.